The summed E-state index contributed by atoms with van der Waals surface area (Å²) in [6.07, 6.45) is -0.390. The van der Waals surface area contributed by atoms with Crippen LogP contribution in [0.4, 0.5) is 19.1 Å². The zero-order chi connectivity index (χ0) is 18.1. The lowest BCUT2D eigenvalue weighted by Gasteiger charge is -2.16. The first-order chi connectivity index (χ1) is 12.5. The molecule has 0 amide bonds. The number of rotatable bonds is 4. The smallest absolute Gasteiger partial charge is 0.453 e. The Hall–Kier alpha value is -2.98. The molecule has 0 spiro atoms. The molecule has 26 heavy (non-hydrogen) atoms. The standard InChI is InChI=1S/C15H14F3N7O/c16-15(17,18)13-22-21-11-2-3-12(23-25(11)13)26-9-10-4-7-24(8-10)14-19-5-1-6-20-14/h1-3,5-6,10H,4,7-9H2. The van der Waals surface area contributed by atoms with Crippen LogP contribution in [0.3, 0.4) is 0 Å². The Morgan fingerprint density at radius 2 is 1.96 bits per heavy atom. The molecule has 1 aliphatic rings. The Balaban J connectivity index is 1.42. The fourth-order valence-electron chi connectivity index (χ4n) is 2.83. The fourth-order valence-corrected chi connectivity index (χ4v) is 2.83. The van der Waals surface area contributed by atoms with Crippen LogP contribution in [0.2, 0.25) is 0 Å². The molecule has 8 nitrogen and oxygen atoms in total. The summed E-state index contributed by atoms with van der Waals surface area (Å²) in [5, 5.41) is 10.5. The zero-order valence-electron chi connectivity index (χ0n) is 13.5. The first-order valence-electron chi connectivity index (χ1n) is 7.95. The van der Waals surface area contributed by atoms with E-state index in [2.05, 4.69) is 25.3 Å². The van der Waals surface area contributed by atoms with Gasteiger partial charge in [-0.1, -0.05) is 0 Å². The summed E-state index contributed by atoms with van der Waals surface area (Å²) >= 11 is 0. The molecule has 0 bridgehead atoms. The van der Waals surface area contributed by atoms with Gasteiger partial charge in [-0.05, 0) is 18.6 Å². The van der Waals surface area contributed by atoms with Gasteiger partial charge in [-0.2, -0.15) is 17.7 Å². The number of anilines is 1. The maximum absolute atomic E-state index is 12.9. The number of hydrogen-bond acceptors (Lipinski definition) is 7. The molecule has 11 heteroatoms. The monoisotopic (exact) mass is 365 g/mol. The maximum atomic E-state index is 12.9. The molecule has 1 fully saturated rings. The number of ether oxygens (including phenoxy) is 1. The topological polar surface area (TPSA) is 81.3 Å². The molecule has 0 saturated carbocycles. The first-order valence-corrected chi connectivity index (χ1v) is 7.95. The van der Waals surface area contributed by atoms with Crippen LogP contribution in [0.15, 0.2) is 30.6 Å². The molecule has 3 aromatic heterocycles. The average molecular weight is 365 g/mol. The first kappa shape index (κ1) is 16.5. The van der Waals surface area contributed by atoms with Crippen LogP contribution in [0.1, 0.15) is 12.2 Å². The molecule has 3 aromatic rings. The van der Waals surface area contributed by atoms with Crippen molar-refractivity contribution in [3.05, 3.63) is 36.4 Å². The summed E-state index contributed by atoms with van der Waals surface area (Å²) < 4.78 is 44.9. The van der Waals surface area contributed by atoms with Crippen molar-refractivity contribution in [3.8, 4) is 5.88 Å². The minimum Gasteiger partial charge on any atom is -0.476 e. The van der Waals surface area contributed by atoms with Gasteiger partial charge >= 0.3 is 6.18 Å². The number of alkyl halides is 3. The van der Waals surface area contributed by atoms with Crippen LogP contribution in [0.25, 0.3) is 5.65 Å². The SMILES string of the molecule is FC(F)(F)c1nnc2ccc(OCC3CCN(c4ncccn4)C3)nn12. The van der Waals surface area contributed by atoms with Gasteiger partial charge in [-0.15, -0.1) is 15.3 Å². The maximum Gasteiger partial charge on any atom is 0.453 e. The zero-order valence-corrected chi connectivity index (χ0v) is 13.5. The molecule has 0 radical (unpaired) electrons. The van der Waals surface area contributed by atoms with E-state index in [1.807, 2.05) is 4.90 Å². The van der Waals surface area contributed by atoms with Crippen molar-refractivity contribution in [3.63, 3.8) is 0 Å². The Morgan fingerprint density at radius 3 is 2.73 bits per heavy atom. The Kier molecular flexibility index (Phi) is 4.05. The highest BCUT2D eigenvalue weighted by Gasteiger charge is 2.37. The predicted molar refractivity (Wildman–Crippen MR) is 83.6 cm³/mol. The predicted octanol–water partition coefficient (Wildman–Crippen LogP) is 1.84. The van der Waals surface area contributed by atoms with E-state index >= 15 is 0 Å². The minimum atomic E-state index is -4.63. The van der Waals surface area contributed by atoms with Crippen molar-refractivity contribution in [2.75, 3.05) is 24.6 Å². The second-order valence-corrected chi connectivity index (χ2v) is 5.92. The molecule has 1 atom stereocenters. The molecule has 1 unspecified atom stereocenters. The Morgan fingerprint density at radius 1 is 1.15 bits per heavy atom. The van der Waals surface area contributed by atoms with Crippen LogP contribution in [-0.4, -0.2) is 49.5 Å². The van der Waals surface area contributed by atoms with Gasteiger partial charge in [-0.3, -0.25) is 0 Å². The summed E-state index contributed by atoms with van der Waals surface area (Å²) in [4.78, 5) is 10.5. The number of halogens is 3. The van der Waals surface area contributed by atoms with Crippen LogP contribution < -0.4 is 9.64 Å². The summed E-state index contributed by atoms with van der Waals surface area (Å²) in [5.74, 6) is -0.211. The van der Waals surface area contributed by atoms with Gasteiger partial charge in [0, 0.05) is 37.5 Å². The molecule has 4 rings (SSSR count). The third-order valence-corrected chi connectivity index (χ3v) is 4.08. The van der Waals surface area contributed by atoms with Crippen molar-refractivity contribution in [1.29, 1.82) is 0 Å². The Labute approximate surface area is 145 Å². The highest BCUT2D eigenvalue weighted by atomic mass is 19.4. The fraction of sp³-hybridized carbons (Fsp3) is 0.400. The van der Waals surface area contributed by atoms with Crippen LogP contribution in [0, 0.1) is 5.92 Å². The highest BCUT2D eigenvalue weighted by Crippen LogP contribution is 2.28. The minimum absolute atomic E-state index is 0.0120. The summed E-state index contributed by atoms with van der Waals surface area (Å²) in [7, 11) is 0. The lowest BCUT2D eigenvalue weighted by Crippen LogP contribution is -2.23. The second kappa shape index (κ2) is 6.39. The van der Waals surface area contributed by atoms with Crippen molar-refractivity contribution >= 4 is 11.6 Å². The molecule has 1 saturated heterocycles. The lowest BCUT2D eigenvalue weighted by molar-refractivity contribution is -0.146. The second-order valence-electron chi connectivity index (χ2n) is 5.92. The van der Waals surface area contributed by atoms with Crippen molar-refractivity contribution < 1.29 is 17.9 Å². The third-order valence-electron chi connectivity index (χ3n) is 4.08. The van der Waals surface area contributed by atoms with Crippen molar-refractivity contribution in [2.45, 2.75) is 12.6 Å². The average Bonchev–Trinajstić information content (AvgIpc) is 3.27. The van der Waals surface area contributed by atoms with E-state index < -0.39 is 12.0 Å². The molecule has 136 valence electrons. The van der Waals surface area contributed by atoms with E-state index in [1.54, 1.807) is 18.5 Å². The van der Waals surface area contributed by atoms with Crippen LogP contribution >= 0.6 is 0 Å². The normalized spacial score (nSPS) is 17.8. The molecule has 4 heterocycles. The summed E-state index contributed by atoms with van der Waals surface area (Å²) in [5.41, 5.74) is 0.0120. The Bertz CT molecular complexity index is 899. The number of nitrogens with zero attached hydrogens (tertiary/aromatic N) is 7. The largest absolute Gasteiger partial charge is 0.476 e. The summed E-state index contributed by atoms with van der Waals surface area (Å²) in [6, 6.07) is 4.63. The summed E-state index contributed by atoms with van der Waals surface area (Å²) in [6.45, 7) is 1.85. The molecular formula is C15H14F3N7O. The van der Waals surface area contributed by atoms with E-state index in [0.717, 1.165) is 13.0 Å². The number of hydrogen-bond donors (Lipinski definition) is 0. The van der Waals surface area contributed by atoms with E-state index in [1.165, 1.54) is 12.1 Å². The van der Waals surface area contributed by atoms with Gasteiger partial charge < -0.3 is 9.64 Å². The molecule has 1 aliphatic heterocycles. The van der Waals surface area contributed by atoms with Crippen LogP contribution in [0.5, 0.6) is 5.88 Å². The molecule has 0 aromatic carbocycles. The lowest BCUT2D eigenvalue weighted by atomic mass is 10.1. The number of aromatic nitrogens is 6. The van der Waals surface area contributed by atoms with E-state index in [-0.39, 0.29) is 17.4 Å². The van der Waals surface area contributed by atoms with E-state index in [0.29, 0.717) is 23.6 Å². The van der Waals surface area contributed by atoms with Gasteiger partial charge in [0.05, 0.1) is 6.61 Å². The highest BCUT2D eigenvalue weighted by molar-refractivity contribution is 5.38. The van der Waals surface area contributed by atoms with Gasteiger partial charge in [0.2, 0.25) is 11.8 Å². The van der Waals surface area contributed by atoms with Crippen molar-refractivity contribution in [1.82, 2.24) is 29.8 Å². The van der Waals surface area contributed by atoms with Crippen LogP contribution in [-0.2, 0) is 6.18 Å². The quantitative estimate of drug-likeness (QED) is 0.698. The van der Waals surface area contributed by atoms with Gasteiger partial charge in [0.15, 0.2) is 5.65 Å². The van der Waals surface area contributed by atoms with E-state index in [9.17, 15) is 13.2 Å². The van der Waals surface area contributed by atoms with Gasteiger partial charge in [0.25, 0.3) is 5.82 Å². The van der Waals surface area contributed by atoms with Gasteiger partial charge in [0.1, 0.15) is 0 Å². The van der Waals surface area contributed by atoms with E-state index in [4.69, 9.17) is 4.74 Å². The molecular weight excluding hydrogens is 351 g/mol. The van der Waals surface area contributed by atoms with Crippen molar-refractivity contribution in [2.24, 2.45) is 5.92 Å². The third kappa shape index (κ3) is 3.24. The molecule has 0 aliphatic carbocycles. The van der Waals surface area contributed by atoms with Gasteiger partial charge in [-0.25, -0.2) is 9.97 Å². The number of fused-ring (bicyclic) bond motifs is 1. The molecule has 0 N–H and O–H groups in total.